The average Bonchev–Trinajstić information content (AvgIpc) is 1.19. The molecule has 0 unspecified atom stereocenters. The van der Waals surface area contributed by atoms with Crippen LogP contribution in [0.25, 0.3) is 0 Å². The van der Waals surface area contributed by atoms with Gasteiger partial charge < -0.3 is 17.9 Å². The van der Waals surface area contributed by atoms with Crippen molar-refractivity contribution in [2.45, 2.75) is 0 Å². The topological polar surface area (TPSA) is 135 Å². The summed E-state index contributed by atoms with van der Waals surface area (Å²) in [7, 11) is -6.83. The van der Waals surface area contributed by atoms with E-state index in [0.29, 0.717) is 0 Å². The van der Waals surface area contributed by atoms with E-state index in [-0.39, 0.29) is 83.8 Å². The van der Waals surface area contributed by atoms with Crippen molar-refractivity contribution in [1.82, 2.24) is 0 Å². The van der Waals surface area contributed by atoms with Gasteiger partial charge in [-0.15, -0.1) is 0 Å². The molecule has 0 saturated carbocycles. The minimum absolute atomic E-state index is 0. The molecule has 0 rings (SSSR count). The molecular weight excluding hydrogens is 217 g/mol. The summed E-state index contributed by atoms with van der Waals surface area (Å²) in [5.74, 6) is 0. The van der Waals surface area contributed by atoms with Crippen LogP contribution in [0, 0.1) is 0 Å². The van der Waals surface area contributed by atoms with E-state index in [1.54, 1.807) is 0 Å². The molecule has 0 saturated heterocycles. The van der Waals surface area contributed by atoms with Gasteiger partial charge in [-0.2, -0.15) is 8.42 Å². The van der Waals surface area contributed by atoms with Crippen molar-refractivity contribution in [3.63, 3.8) is 0 Å². The zero-order valence-corrected chi connectivity index (χ0v) is 12.0. The monoisotopic (exact) mass is 224 g/mol. The fourth-order valence-corrected chi connectivity index (χ4v) is 0. The number of rotatable bonds is 0. The molecule has 0 aromatic rings. The molecule has 7 nitrogen and oxygen atoms in total. The van der Waals surface area contributed by atoms with Gasteiger partial charge in [0, 0.05) is 0 Å². The van der Waals surface area contributed by atoms with Gasteiger partial charge >= 0.3 is 98.7 Å². The molecule has 0 bridgehead atoms. The van der Waals surface area contributed by atoms with E-state index in [0.717, 1.165) is 0 Å². The summed E-state index contributed by atoms with van der Waals surface area (Å²) < 4.78 is 31.6. The van der Waals surface area contributed by atoms with Gasteiger partial charge in [0.15, 0.2) is 0 Å². The molecule has 0 aliphatic rings. The molecule has 0 spiro atoms. The molecule has 0 heterocycles. The molecule has 60 valence electrons. The van der Waals surface area contributed by atoms with Crippen molar-refractivity contribution in [1.29, 1.82) is 0 Å². The summed E-state index contributed by atoms with van der Waals surface area (Å²) in [6, 6.07) is 0. The third kappa shape index (κ3) is 226. The molecule has 0 radical (unpaired) electrons. The molecular formula is H7BKNaO7S. The van der Waals surface area contributed by atoms with Gasteiger partial charge in [0.05, 0.1) is 0 Å². The van der Waals surface area contributed by atoms with Gasteiger partial charge in [0.2, 0.25) is 0 Å². The van der Waals surface area contributed by atoms with E-state index in [1.165, 1.54) is 0 Å². The van der Waals surface area contributed by atoms with Crippen LogP contribution in [0.3, 0.4) is 0 Å². The summed E-state index contributed by atoms with van der Waals surface area (Å²) in [6.07, 6.45) is 0. The van der Waals surface area contributed by atoms with Gasteiger partial charge in [-0.3, -0.25) is 9.11 Å². The van der Waals surface area contributed by atoms with E-state index in [2.05, 4.69) is 0 Å². The molecule has 11 heavy (non-hydrogen) atoms. The van der Waals surface area contributed by atoms with Crippen molar-refractivity contribution in [2.24, 2.45) is 0 Å². The van der Waals surface area contributed by atoms with E-state index in [4.69, 9.17) is 32.6 Å². The fourth-order valence-electron chi connectivity index (χ4n) is 0. The summed E-state index contributed by atoms with van der Waals surface area (Å²) in [5.41, 5.74) is 0. The minimum atomic E-state index is -4.67. The van der Waals surface area contributed by atoms with Crippen molar-refractivity contribution in [3.8, 4) is 0 Å². The Morgan fingerprint density at radius 3 is 1.09 bits per heavy atom. The molecule has 0 amide bonds. The quantitative estimate of drug-likeness (QED) is 0.203. The van der Waals surface area contributed by atoms with Gasteiger partial charge in [0.25, 0.3) is 0 Å². The standard InChI is InChI=1S/BH3O3.K.Na.H2O4S.2H/c2-1(3)4;;;1-5(2,3)4;;/h2-4H;;;(H2,1,2,3,4);;/q;2*+1;;2*-1. The summed E-state index contributed by atoms with van der Waals surface area (Å²) in [6.45, 7) is 0. The SMILES string of the molecule is O=S(=O)(O)O.OB(O)O.[H-].[H-].[K+].[Na+]. The Bertz CT molecular complexity index is 138. The Labute approximate surface area is 132 Å². The number of hydrogen-bond donors (Lipinski definition) is 5. The summed E-state index contributed by atoms with van der Waals surface area (Å²) in [5, 5.41) is 21.5. The van der Waals surface area contributed by atoms with E-state index in [1.807, 2.05) is 0 Å². The molecule has 0 atom stereocenters. The molecule has 11 heteroatoms. The fraction of sp³-hybridized carbons (Fsp3) is 0. The van der Waals surface area contributed by atoms with Crippen molar-refractivity contribution >= 4 is 17.7 Å². The second kappa shape index (κ2) is 12.5. The number of hydrogen-bond acceptors (Lipinski definition) is 5. The molecule has 0 fully saturated rings. The zero-order valence-electron chi connectivity index (χ0n) is 8.04. The van der Waals surface area contributed by atoms with E-state index < -0.39 is 17.7 Å². The van der Waals surface area contributed by atoms with E-state index >= 15 is 0 Å². The van der Waals surface area contributed by atoms with Crippen molar-refractivity contribution in [2.75, 3.05) is 0 Å². The van der Waals surface area contributed by atoms with Crippen LogP contribution >= 0.6 is 0 Å². The van der Waals surface area contributed by atoms with Crippen LogP contribution in [-0.2, 0) is 10.4 Å². The maximum Gasteiger partial charge on any atom is 1.00 e. The first-order valence-electron chi connectivity index (χ1n) is 1.47. The Hall–Kier alpha value is 2.45. The maximum absolute atomic E-state index is 8.74. The second-order valence-corrected chi connectivity index (χ2v) is 1.69. The second-order valence-electron chi connectivity index (χ2n) is 0.794. The molecule has 0 aliphatic carbocycles. The van der Waals surface area contributed by atoms with Crippen molar-refractivity contribution < 1.29 is 116 Å². The van der Waals surface area contributed by atoms with E-state index in [9.17, 15) is 0 Å². The van der Waals surface area contributed by atoms with Crippen molar-refractivity contribution in [3.05, 3.63) is 0 Å². The van der Waals surface area contributed by atoms with Gasteiger partial charge in [-0.05, 0) is 0 Å². The Morgan fingerprint density at radius 1 is 1.09 bits per heavy atom. The van der Waals surface area contributed by atoms with Gasteiger partial charge in [-0.1, -0.05) is 0 Å². The first-order chi connectivity index (χ1) is 3.73. The van der Waals surface area contributed by atoms with Crippen LogP contribution in [-0.4, -0.2) is 39.9 Å². The summed E-state index contributed by atoms with van der Waals surface area (Å²) >= 11 is 0. The minimum Gasteiger partial charge on any atom is -1.00 e. The molecule has 0 aromatic heterocycles. The average molecular weight is 224 g/mol. The Morgan fingerprint density at radius 2 is 1.09 bits per heavy atom. The van der Waals surface area contributed by atoms with Gasteiger partial charge in [0.1, 0.15) is 0 Å². The van der Waals surface area contributed by atoms with Crippen LogP contribution < -0.4 is 80.9 Å². The third-order valence-electron chi connectivity index (χ3n) is 0. The predicted molar refractivity (Wildman–Crippen MR) is 28.8 cm³/mol. The molecule has 0 aromatic carbocycles. The maximum atomic E-state index is 8.74. The normalized spacial score (nSPS) is 7.73. The Balaban J connectivity index is -0.0000000146. The first kappa shape index (κ1) is 23.3. The Kier molecular flexibility index (Phi) is 26.4. The zero-order chi connectivity index (χ0) is 8.08. The summed E-state index contributed by atoms with van der Waals surface area (Å²) in [4.78, 5) is 0. The van der Waals surface area contributed by atoms with Crippen LogP contribution in [0.15, 0.2) is 0 Å². The smallest absolute Gasteiger partial charge is 1.00 e. The molecule has 0 aliphatic heterocycles. The largest absolute Gasteiger partial charge is 1.00 e. The van der Waals surface area contributed by atoms with Crippen LogP contribution in [0.1, 0.15) is 2.85 Å². The first-order valence-corrected chi connectivity index (χ1v) is 2.87. The van der Waals surface area contributed by atoms with Crippen LogP contribution in [0.5, 0.6) is 0 Å². The van der Waals surface area contributed by atoms with Gasteiger partial charge in [-0.25, -0.2) is 0 Å². The molecule has 5 N–H and O–H groups in total. The van der Waals surface area contributed by atoms with Crippen LogP contribution in [0.4, 0.5) is 0 Å². The predicted octanol–water partition coefficient (Wildman–Crippen LogP) is -8.47. The third-order valence-corrected chi connectivity index (χ3v) is 0. The van der Waals surface area contributed by atoms with Crippen LogP contribution in [0.2, 0.25) is 0 Å².